The van der Waals surface area contributed by atoms with Gasteiger partial charge in [-0.2, -0.15) is 0 Å². The molecule has 1 unspecified atom stereocenters. The van der Waals surface area contributed by atoms with E-state index < -0.39 is 0 Å². The third-order valence-electron chi connectivity index (χ3n) is 5.71. The minimum Gasteiger partial charge on any atom is -0.350 e. The molecule has 144 valence electrons. The van der Waals surface area contributed by atoms with E-state index in [1.807, 2.05) is 0 Å². The third-order valence-corrected chi connectivity index (χ3v) is 5.71. The number of fused-ring (bicyclic) bond motifs is 1. The molecule has 3 rings (SSSR count). The zero-order valence-corrected chi connectivity index (χ0v) is 17.3. The van der Waals surface area contributed by atoms with Gasteiger partial charge in [0.25, 0.3) is 0 Å². The maximum Gasteiger partial charge on any atom is 0.220 e. The van der Waals surface area contributed by atoms with Crippen molar-refractivity contribution >= 4 is 5.91 Å². The second kappa shape index (κ2) is 8.29. The summed E-state index contributed by atoms with van der Waals surface area (Å²) in [4.78, 5) is 12.4. The Hall–Kier alpha value is -2.09. The fraction of sp³-hybridized carbons (Fsp3) is 0.480. The maximum atomic E-state index is 12.4. The minimum atomic E-state index is 0.0630. The molecule has 1 atom stereocenters. The summed E-state index contributed by atoms with van der Waals surface area (Å²) >= 11 is 0. The summed E-state index contributed by atoms with van der Waals surface area (Å²) < 4.78 is 0. The van der Waals surface area contributed by atoms with E-state index in [4.69, 9.17) is 0 Å². The molecular formula is C25H33NO. The lowest BCUT2D eigenvalue weighted by Crippen LogP contribution is -2.27. The van der Waals surface area contributed by atoms with Gasteiger partial charge in [-0.05, 0) is 72.3 Å². The minimum absolute atomic E-state index is 0.0630. The molecule has 0 spiro atoms. The largest absolute Gasteiger partial charge is 0.350 e. The van der Waals surface area contributed by atoms with Crippen molar-refractivity contribution in [2.45, 2.75) is 77.7 Å². The number of hydrogen-bond acceptors (Lipinski definition) is 1. The number of carbonyl (C=O) groups excluding carboxylic acids is 1. The van der Waals surface area contributed by atoms with Crippen LogP contribution in [0.2, 0.25) is 0 Å². The first kappa shape index (κ1) is 19.7. The predicted molar refractivity (Wildman–Crippen MR) is 113 cm³/mol. The van der Waals surface area contributed by atoms with E-state index >= 15 is 0 Å². The zero-order valence-electron chi connectivity index (χ0n) is 17.3. The molecule has 0 saturated carbocycles. The van der Waals surface area contributed by atoms with Crippen molar-refractivity contribution in [3.63, 3.8) is 0 Å². The van der Waals surface area contributed by atoms with Crippen LogP contribution in [0.4, 0.5) is 0 Å². The lowest BCUT2D eigenvalue weighted by molar-refractivity contribution is -0.121. The summed E-state index contributed by atoms with van der Waals surface area (Å²) in [5.41, 5.74) is 6.90. The fourth-order valence-corrected chi connectivity index (χ4v) is 3.85. The van der Waals surface area contributed by atoms with E-state index in [1.165, 1.54) is 53.5 Å². The molecule has 2 heteroatoms. The van der Waals surface area contributed by atoms with E-state index in [0.29, 0.717) is 6.42 Å². The molecule has 0 saturated heterocycles. The number of aryl methyl sites for hydroxylation is 3. The van der Waals surface area contributed by atoms with E-state index in [9.17, 15) is 4.79 Å². The molecule has 1 aliphatic carbocycles. The second-order valence-corrected chi connectivity index (χ2v) is 8.97. The molecule has 0 fully saturated rings. The first-order valence-electron chi connectivity index (χ1n) is 10.3. The van der Waals surface area contributed by atoms with Crippen LogP contribution in [0.25, 0.3) is 0 Å². The summed E-state index contributed by atoms with van der Waals surface area (Å²) in [6, 6.07) is 15.5. The van der Waals surface area contributed by atoms with E-state index in [-0.39, 0.29) is 17.4 Å². The first-order chi connectivity index (χ1) is 12.8. The zero-order chi connectivity index (χ0) is 19.4. The van der Waals surface area contributed by atoms with Crippen molar-refractivity contribution in [3.05, 3.63) is 70.3 Å². The van der Waals surface area contributed by atoms with Crippen molar-refractivity contribution in [1.29, 1.82) is 0 Å². The third kappa shape index (κ3) is 5.22. The summed E-state index contributed by atoms with van der Waals surface area (Å²) in [5.74, 6) is 0.125. The lowest BCUT2D eigenvalue weighted by atomic mass is 9.86. The number of amides is 1. The Balaban J connectivity index is 1.53. The molecule has 2 aromatic carbocycles. The number of nitrogens with one attached hydrogen (secondary N) is 1. The Morgan fingerprint density at radius 2 is 1.67 bits per heavy atom. The smallest absolute Gasteiger partial charge is 0.220 e. The van der Waals surface area contributed by atoms with Gasteiger partial charge in [0.1, 0.15) is 0 Å². The van der Waals surface area contributed by atoms with Gasteiger partial charge >= 0.3 is 0 Å². The summed E-state index contributed by atoms with van der Waals surface area (Å²) in [5, 5.41) is 3.17. The van der Waals surface area contributed by atoms with Crippen LogP contribution in [-0.4, -0.2) is 5.91 Å². The normalized spacial score (nSPS) is 15.1. The Labute approximate surface area is 164 Å². The number of benzene rings is 2. The quantitative estimate of drug-likeness (QED) is 0.728. The van der Waals surface area contributed by atoms with Crippen LogP contribution in [0.3, 0.4) is 0 Å². The fourth-order valence-electron chi connectivity index (χ4n) is 3.85. The van der Waals surface area contributed by atoms with E-state index in [2.05, 4.69) is 75.5 Å². The lowest BCUT2D eigenvalue weighted by Gasteiger charge is -2.20. The second-order valence-electron chi connectivity index (χ2n) is 8.97. The van der Waals surface area contributed by atoms with Crippen LogP contribution in [-0.2, 0) is 29.5 Å². The van der Waals surface area contributed by atoms with E-state index in [1.54, 1.807) is 0 Å². The predicted octanol–water partition coefficient (Wildman–Crippen LogP) is 5.67. The summed E-state index contributed by atoms with van der Waals surface area (Å²) in [6.07, 6.45) is 6.27. The number of carbonyl (C=O) groups is 1. The molecule has 1 N–H and O–H groups in total. The number of hydrogen-bond donors (Lipinski definition) is 1. The van der Waals surface area contributed by atoms with Gasteiger partial charge in [-0.3, -0.25) is 4.79 Å². The van der Waals surface area contributed by atoms with E-state index in [0.717, 1.165) is 6.42 Å². The van der Waals surface area contributed by atoms with Gasteiger partial charge in [-0.15, -0.1) is 0 Å². The van der Waals surface area contributed by atoms with Gasteiger partial charge in [0.15, 0.2) is 0 Å². The highest BCUT2D eigenvalue weighted by atomic mass is 16.1. The highest BCUT2D eigenvalue weighted by Gasteiger charge is 2.15. The molecule has 0 heterocycles. The maximum absolute atomic E-state index is 12.4. The highest BCUT2D eigenvalue weighted by Crippen LogP contribution is 2.25. The molecule has 2 nitrogen and oxygen atoms in total. The van der Waals surface area contributed by atoms with Gasteiger partial charge in [0, 0.05) is 6.42 Å². The summed E-state index contributed by atoms with van der Waals surface area (Å²) in [7, 11) is 0. The molecule has 0 aromatic heterocycles. The molecule has 0 bridgehead atoms. The molecule has 2 aromatic rings. The monoisotopic (exact) mass is 363 g/mol. The van der Waals surface area contributed by atoms with Crippen molar-refractivity contribution in [1.82, 2.24) is 5.32 Å². The standard InChI is InChI=1S/C25H33NO/c1-18(21-13-12-20-7-5-6-8-22(20)17-21)26-24(27)16-11-19-9-14-23(15-10-19)25(2,3)4/h9-10,12-15,17-18H,5-8,11,16H2,1-4H3,(H,26,27). The molecule has 1 aliphatic rings. The highest BCUT2D eigenvalue weighted by molar-refractivity contribution is 5.76. The van der Waals surface area contributed by atoms with Crippen LogP contribution in [0.5, 0.6) is 0 Å². The molecule has 0 radical (unpaired) electrons. The topological polar surface area (TPSA) is 29.1 Å². The van der Waals surface area contributed by atoms with Gasteiger partial charge in [-0.1, -0.05) is 63.2 Å². The van der Waals surface area contributed by atoms with Gasteiger partial charge in [-0.25, -0.2) is 0 Å². The van der Waals surface area contributed by atoms with Gasteiger partial charge in [0.05, 0.1) is 6.04 Å². The van der Waals surface area contributed by atoms with Crippen LogP contribution in [0.15, 0.2) is 42.5 Å². The van der Waals surface area contributed by atoms with Crippen LogP contribution >= 0.6 is 0 Å². The first-order valence-corrected chi connectivity index (χ1v) is 10.3. The van der Waals surface area contributed by atoms with Crippen molar-refractivity contribution in [2.24, 2.45) is 0 Å². The number of rotatable bonds is 5. The van der Waals surface area contributed by atoms with Crippen molar-refractivity contribution < 1.29 is 4.79 Å². The van der Waals surface area contributed by atoms with Gasteiger partial charge < -0.3 is 5.32 Å². The van der Waals surface area contributed by atoms with Crippen LogP contribution in [0, 0.1) is 0 Å². The average Bonchev–Trinajstić information content (AvgIpc) is 2.65. The van der Waals surface area contributed by atoms with Crippen molar-refractivity contribution in [3.8, 4) is 0 Å². The Kier molecular flexibility index (Phi) is 6.04. The molecular weight excluding hydrogens is 330 g/mol. The molecule has 1 amide bonds. The Bertz CT molecular complexity index is 783. The molecule has 27 heavy (non-hydrogen) atoms. The Morgan fingerprint density at radius 3 is 2.33 bits per heavy atom. The summed E-state index contributed by atoms with van der Waals surface area (Å²) in [6.45, 7) is 8.74. The van der Waals surface area contributed by atoms with Gasteiger partial charge in [0.2, 0.25) is 5.91 Å². The van der Waals surface area contributed by atoms with Crippen LogP contribution in [0.1, 0.15) is 80.8 Å². The Morgan fingerprint density at radius 1 is 1.00 bits per heavy atom. The SMILES string of the molecule is CC(NC(=O)CCc1ccc(C(C)(C)C)cc1)c1ccc2c(c1)CCCC2. The van der Waals surface area contributed by atoms with Crippen LogP contribution < -0.4 is 5.32 Å². The molecule has 0 aliphatic heterocycles. The average molecular weight is 364 g/mol. The van der Waals surface area contributed by atoms with Crippen molar-refractivity contribution in [2.75, 3.05) is 0 Å².